The Morgan fingerprint density at radius 3 is 2.33 bits per heavy atom. The van der Waals surface area contributed by atoms with Gasteiger partial charge in [-0.2, -0.15) is 0 Å². The molecule has 2 saturated carbocycles. The maximum Gasteiger partial charge on any atom is 0.0136 e. The van der Waals surface area contributed by atoms with Crippen LogP contribution in [0.2, 0.25) is 0 Å². The molecule has 1 N–H and O–H groups in total. The predicted octanol–water partition coefficient (Wildman–Crippen LogP) is 2.25. The van der Waals surface area contributed by atoms with Crippen molar-refractivity contribution in [3.05, 3.63) is 0 Å². The number of nitrogens with zero attached hydrogens (tertiary/aromatic N) is 1. The second-order valence-corrected chi connectivity index (χ2v) is 5.72. The SMILES string of the molecule is CC(C)NCC1CCC1N(C)C1CCC1. The maximum atomic E-state index is 3.58. The van der Waals surface area contributed by atoms with Crippen molar-refractivity contribution in [3.8, 4) is 0 Å². The van der Waals surface area contributed by atoms with Crippen LogP contribution in [0, 0.1) is 5.92 Å². The van der Waals surface area contributed by atoms with Crippen LogP contribution in [0.5, 0.6) is 0 Å². The summed E-state index contributed by atoms with van der Waals surface area (Å²) in [5.74, 6) is 0.915. The molecule has 2 unspecified atom stereocenters. The van der Waals surface area contributed by atoms with Gasteiger partial charge in [-0.05, 0) is 45.2 Å². The Morgan fingerprint density at radius 1 is 1.20 bits per heavy atom. The normalized spacial score (nSPS) is 31.8. The minimum absolute atomic E-state index is 0.639. The molecule has 2 nitrogen and oxygen atoms in total. The van der Waals surface area contributed by atoms with Crippen molar-refractivity contribution in [1.29, 1.82) is 0 Å². The lowest BCUT2D eigenvalue weighted by atomic mass is 9.76. The minimum atomic E-state index is 0.639. The van der Waals surface area contributed by atoms with Crippen molar-refractivity contribution in [2.75, 3.05) is 13.6 Å². The van der Waals surface area contributed by atoms with Crippen LogP contribution >= 0.6 is 0 Å². The van der Waals surface area contributed by atoms with Crippen molar-refractivity contribution in [2.24, 2.45) is 5.92 Å². The van der Waals surface area contributed by atoms with Gasteiger partial charge in [0.25, 0.3) is 0 Å². The summed E-state index contributed by atoms with van der Waals surface area (Å²) in [4.78, 5) is 2.67. The fourth-order valence-corrected chi connectivity index (χ4v) is 2.78. The van der Waals surface area contributed by atoms with Gasteiger partial charge in [0, 0.05) is 18.1 Å². The fourth-order valence-electron chi connectivity index (χ4n) is 2.78. The van der Waals surface area contributed by atoms with E-state index >= 15 is 0 Å². The van der Waals surface area contributed by atoms with Gasteiger partial charge in [-0.15, -0.1) is 0 Å². The van der Waals surface area contributed by atoms with Gasteiger partial charge in [-0.25, -0.2) is 0 Å². The maximum absolute atomic E-state index is 3.58. The standard InChI is InChI=1S/C13H26N2/c1-10(2)14-9-11-7-8-13(11)15(3)12-5-4-6-12/h10-14H,4-9H2,1-3H3. The molecule has 0 heterocycles. The number of hydrogen-bond donors (Lipinski definition) is 1. The molecular formula is C13H26N2. The first-order valence-electron chi connectivity index (χ1n) is 6.64. The van der Waals surface area contributed by atoms with E-state index in [1.165, 1.54) is 38.6 Å². The number of nitrogens with one attached hydrogen (secondary N) is 1. The van der Waals surface area contributed by atoms with Crippen molar-refractivity contribution in [2.45, 2.75) is 64.1 Å². The van der Waals surface area contributed by atoms with Crippen LogP contribution in [0.3, 0.4) is 0 Å². The second kappa shape index (κ2) is 4.84. The van der Waals surface area contributed by atoms with E-state index in [9.17, 15) is 0 Å². The zero-order chi connectivity index (χ0) is 10.8. The van der Waals surface area contributed by atoms with Gasteiger partial charge in [0.2, 0.25) is 0 Å². The van der Waals surface area contributed by atoms with E-state index in [4.69, 9.17) is 0 Å². The highest BCUT2D eigenvalue weighted by Gasteiger charge is 2.37. The summed E-state index contributed by atoms with van der Waals surface area (Å²) >= 11 is 0. The van der Waals surface area contributed by atoms with E-state index in [0.717, 1.165) is 18.0 Å². The second-order valence-electron chi connectivity index (χ2n) is 5.72. The van der Waals surface area contributed by atoms with Crippen LogP contribution in [-0.4, -0.2) is 36.6 Å². The average Bonchev–Trinajstić information content (AvgIpc) is 1.97. The highest BCUT2D eigenvalue weighted by atomic mass is 15.2. The molecule has 0 bridgehead atoms. The summed E-state index contributed by atoms with van der Waals surface area (Å²) in [5, 5.41) is 3.58. The molecule has 0 aromatic heterocycles. The summed E-state index contributed by atoms with van der Waals surface area (Å²) in [6, 6.07) is 2.43. The smallest absolute Gasteiger partial charge is 0.0136 e. The summed E-state index contributed by atoms with van der Waals surface area (Å²) < 4.78 is 0. The molecule has 2 aliphatic carbocycles. The first-order chi connectivity index (χ1) is 7.18. The Labute approximate surface area is 94.4 Å². The lowest BCUT2D eigenvalue weighted by Crippen LogP contribution is -2.54. The summed E-state index contributed by atoms with van der Waals surface area (Å²) in [5.41, 5.74) is 0. The van der Waals surface area contributed by atoms with Crippen LogP contribution in [0.1, 0.15) is 46.0 Å². The lowest BCUT2D eigenvalue weighted by Gasteiger charge is -2.48. The molecule has 0 radical (unpaired) electrons. The first kappa shape index (κ1) is 11.4. The van der Waals surface area contributed by atoms with Gasteiger partial charge < -0.3 is 10.2 Å². The van der Waals surface area contributed by atoms with E-state index in [2.05, 4.69) is 31.1 Å². The van der Waals surface area contributed by atoms with Crippen LogP contribution < -0.4 is 5.32 Å². The van der Waals surface area contributed by atoms with Gasteiger partial charge in [-0.1, -0.05) is 20.3 Å². The van der Waals surface area contributed by atoms with Crippen LogP contribution in [0.4, 0.5) is 0 Å². The van der Waals surface area contributed by atoms with E-state index in [1.54, 1.807) is 0 Å². The molecule has 15 heavy (non-hydrogen) atoms. The molecule has 0 aliphatic heterocycles. The Bertz CT molecular complexity index is 199. The Kier molecular flexibility index (Phi) is 3.68. The molecule has 2 heteroatoms. The van der Waals surface area contributed by atoms with Gasteiger partial charge in [0.1, 0.15) is 0 Å². The zero-order valence-electron chi connectivity index (χ0n) is 10.5. The topological polar surface area (TPSA) is 15.3 Å². The molecule has 0 amide bonds. The van der Waals surface area contributed by atoms with Crippen molar-refractivity contribution < 1.29 is 0 Å². The third-order valence-corrected chi connectivity index (χ3v) is 4.34. The molecule has 2 aliphatic rings. The van der Waals surface area contributed by atoms with E-state index in [-0.39, 0.29) is 0 Å². The molecule has 0 saturated heterocycles. The third kappa shape index (κ3) is 2.54. The Morgan fingerprint density at radius 2 is 1.93 bits per heavy atom. The van der Waals surface area contributed by atoms with Gasteiger partial charge in [0.05, 0.1) is 0 Å². The molecule has 0 spiro atoms. The lowest BCUT2D eigenvalue weighted by molar-refractivity contribution is 0.0207. The third-order valence-electron chi connectivity index (χ3n) is 4.34. The molecule has 0 aromatic rings. The van der Waals surface area contributed by atoms with Crippen LogP contribution in [-0.2, 0) is 0 Å². The molecule has 2 rings (SSSR count). The first-order valence-corrected chi connectivity index (χ1v) is 6.64. The molecule has 2 fully saturated rings. The van der Waals surface area contributed by atoms with E-state index in [0.29, 0.717) is 6.04 Å². The van der Waals surface area contributed by atoms with Crippen molar-refractivity contribution >= 4 is 0 Å². The number of rotatable bonds is 5. The Balaban J connectivity index is 1.72. The molecule has 2 atom stereocenters. The van der Waals surface area contributed by atoms with Gasteiger partial charge >= 0.3 is 0 Å². The number of hydrogen-bond acceptors (Lipinski definition) is 2. The van der Waals surface area contributed by atoms with Crippen molar-refractivity contribution in [3.63, 3.8) is 0 Å². The predicted molar refractivity (Wildman–Crippen MR) is 65.1 cm³/mol. The Hall–Kier alpha value is -0.0800. The molecular weight excluding hydrogens is 184 g/mol. The van der Waals surface area contributed by atoms with E-state index in [1.807, 2.05) is 0 Å². The van der Waals surface area contributed by atoms with Crippen molar-refractivity contribution in [1.82, 2.24) is 10.2 Å². The minimum Gasteiger partial charge on any atom is -0.314 e. The highest BCUT2D eigenvalue weighted by molar-refractivity contribution is 4.93. The summed E-state index contributed by atoms with van der Waals surface area (Å²) in [7, 11) is 2.34. The van der Waals surface area contributed by atoms with Crippen LogP contribution in [0.25, 0.3) is 0 Å². The molecule has 88 valence electrons. The van der Waals surface area contributed by atoms with E-state index < -0.39 is 0 Å². The largest absolute Gasteiger partial charge is 0.314 e. The van der Waals surface area contributed by atoms with Crippen LogP contribution in [0.15, 0.2) is 0 Å². The summed E-state index contributed by atoms with van der Waals surface area (Å²) in [6.45, 7) is 5.70. The zero-order valence-corrected chi connectivity index (χ0v) is 10.5. The summed E-state index contributed by atoms with van der Waals surface area (Å²) in [6.07, 6.45) is 7.20. The molecule has 0 aromatic carbocycles. The quantitative estimate of drug-likeness (QED) is 0.749. The van der Waals surface area contributed by atoms with Gasteiger partial charge in [0.15, 0.2) is 0 Å². The van der Waals surface area contributed by atoms with Gasteiger partial charge in [-0.3, -0.25) is 0 Å². The monoisotopic (exact) mass is 210 g/mol. The average molecular weight is 210 g/mol. The highest BCUT2D eigenvalue weighted by Crippen LogP contribution is 2.36. The fraction of sp³-hybridized carbons (Fsp3) is 1.00.